The Kier molecular flexibility index (Phi) is 8.57. The number of hydrogen-bond acceptors (Lipinski definition) is 4. The Morgan fingerprint density at radius 3 is 2.43 bits per heavy atom. The molecule has 1 aromatic carbocycles. The fourth-order valence-corrected chi connectivity index (χ4v) is 7.41. The van der Waals surface area contributed by atoms with E-state index >= 15 is 0 Å². The molecule has 0 bridgehead atoms. The van der Waals surface area contributed by atoms with E-state index < -0.39 is 14.6 Å². The van der Waals surface area contributed by atoms with Crippen LogP contribution in [0, 0.1) is 24.2 Å². The normalized spacial score (nSPS) is 25.6. The quantitative estimate of drug-likeness (QED) is 0.338. The van der Waals surface area contributed by atoms with Gasteiger partial charge in [-0.3, -0.25) is 0 Å². The lowest BCUT2D eigenvalue weighted by atomic mass is 9.71. The van der Waals surface area contributed by atoms with Crippen LogP contribution in [0.25, 0.3) is 0 Å². The zero-order valence-electron chi connectivity index (χ0n) is 24.6. The summed E-state index contributed by atoms with van der Waals surface area (Å²) >= 11 is 0. The third-order valence-electron chi connectivity index (χ3n) is 8.82. The molecule has 0 spiro atoms. The second-order valence-electron chi connectivity index (χ2n) is 13.7. The maximum absolute atomic E-state index is 11.2. The van der Waals surface area contributed by atoms with Gasteiger partial charge in [-0.2, -0.15) is 0 Å². The number of likely N-dealkylation sites (tertiary alicyclic amines) is 1. The molecule has 1 aliphatic carbocycles. The Bertz CT molecular complexity index is 1060. The zero-order chi connectivity index (χ0) is 27.0. The fourth-order valence-electron chi connectivity index (χ4n) is 6.80. The molecule has 4 atom stereocenters. The highest BCUT2D eigenvalue weighted by molar-refractivity contribution is 6.49. The molecule has 1 aromatic heterocycles. The number of aliphatic hydroxyl groups is 1. The Balaban J connectivity index is 1.52. The molecule has 4 nitrogen and oxygen atoms in total. The van der Waals surface area contributed by atoms with Crippen LogP contribution >= 0.6 is 0 Å². The van der Waals surface area contributed by atoms with Crippen LogP contribution in [0.4, 0.5) is 0 Å². The summed E-state index contributed by atoms with van der Waals surface area (Å²) in [7, 11) is -1.19. The third kappa shape index (κ3) is 6.85. The topological polar surface area (TPSA) is 45.6 Å². The van der Waals surface area contributed by atoms with Gasteiger partial charge in [-0.15, -0.1) is 0 Å². The van der Waals surface area contributed by atoms with Crippen LogP contribution in [0.15, 0.2) is 36.4 Å². The SMILES string of the molecule is Cc1ccccc1C1CCN(C[C@@H]2CCc3ccc(O[SiH](C)C)nc3[C@H](C(C)(C)C)C2)CC1C(C)(C)O. The summed E-state index contributed by atoms with van der Waals surface area (Å²) in [6.07, 6.45) is 4.56. The molecule has 0 radical (unpaired) electrons. The van der Waals surface area contributed by atoms with Crippen molar-refractivity contribution >= 4 is 9.04 Å². The molecule has 2 unspecified atom stereocenters. The lowest BCUT2D eigenvalue weighted by Gasteiger charge is -2.45. The summed E-state index contributed by atoms with van der Waals surface area (Å²) < 4.78 is 6.12. The number of nitrogens with zero attached hydrogens (tertiary/aromatic N) is 2. The van der Waals surface area contributed by atoms with Crippen molar-refractivity contribution < 1.29 is 9.53 Å². The molecule has 1 saturated heterocycles. The Morgan fingerprint density at radius 1 is 1.05 bits per heavy atom. The van der Waals surface area contributed by atoms with E-state index in [1.165, 1.54) is 28.8 Å². The number of fused-ring (bicyclic) bond motifs is 1. The number of aromatic nitrogens is 1. The van der Waals surface area contributed by atoms with Crippen molar-refractivity contribution in [3.8, 4) is 5.88 Å². The molecule has 5 heteroatoms. The first-order chi connectivity index (χ1) is 17.3. The molecule has 2 heterocycles. The highest BCUT2D eigenvalue weighted by atomic mass is 28.3. The van der Waals surface area contributed by atoms with Crippen molar-refractivity contribution in [3.63, 3.8) is 0 Å². The number of aryl methyl sites for hydroxylation is 2. The van der Waals surface area contributed by atoms with Crippen molar-refractivity contribution in [2.24, 2.45) is 17.3 Å². The molecule has 2 aliphatic rings. The highest BCUT2D eigenvalue weighted by Crippen LogP contribution is 2.45. The fraction of sp³-hybridized carbons (Fsp3) is 0.656. The van der Waals surface area contributed by atoms with E-state index in [-0.39, 0.29) is 11.3 Å². The van der Waals surface area contributed by atoms with Crippen molar-refractivity contribution in [2.45, 2.75) is 97.8 Å². The minimum atomic E-state index is -1.19. The van der Waals surface area contributed by atoms with Gasteiger partial charge >= 0.3 is 0 Å². The van der Waals surface area contributed by atoms with Crippen LogP contribution in [0.1, 0.15) is 88.1 Å². The van der Waals surface area contributed by atoms with Crippen molar-refractivity contribution in [3.05, 3.63) is 58.8 Å². The first kappa shape index (κ1) is 28.3. The van der Waals surface area contributed by atoms with Gasteiger partial charge in [-0.1, -0.05) is 51.1 Å². The predicted octanol–water partition coefficient (Wildman–Crippen LogP) is 6.71. The second-order valence-corrected chi connectivity index (χ2v) is 16.0. The first-order valence-corrected chi connectivity index (χ1v) is 17.3. The molecule has 0 amide bonds. The maximum atomic E-state index is 11.2. The number of piperidine rings is 1. The molecule has 0 saturated carbocycles. The van der Waals surface area contributed by atoms with Crippen molar-refractivity contribution in [1.29, 1.82) is 0 Å². The second kappa shape index (κ2) is 11.2. The molecule has 2 aromatic rings. The van der Waals surface area contributed by atoms with Gasteiger partial charge in [0.1, 0.15) is 0 Å². The van der Waals surface area contributed by atoms with Gasteiger partial charge in [0, 0.05) is 24.9 Å². The largest absolute Gasteiger partial charge is 0.534 e. The van der Waals surface area contributed by atoms with Gasteiger partial charge in [0.25, 0.3) is 0 Å². The summed E-state index contributed by atoms with van der Waals surface area (Å²) in [4.78, 5) is 7.76. The zero-order valence-corrected chi connectivity index (χ0v) is 25.7. The van der Waals surface area contributed by atoms with Gasteiger partial charge in [0.2, 0.25) is 9.04 Å². The van der Waals surface area contributed by atoms with Gasteiger partial charge in [-0.25, -0.2) is 4.98 Å². The number of benzene rings is 1. The van der Waals surface area contributed by atoms with Crippen LogP contribution < -0.4 is 4.43 Å². The van der Waals surface area contributed by atoms with E-state index in [0.717, 1.165) is 44.8 Å². The summed E-state index contributed by atoms with van der Waals surface area (Å²) in [5.41, 5.74) is 4.88. The molecule has 204 valence electrons. The van der Waals surface area contributed by atoms with Gasteiger partial charge < -0.3 is 14.4 Å². The molecule has 1 N–H and O–H groups in total. The van der Waals surface area contributed by atoms with E-state index in [2.05, 4.69) is 82.1 Å². The average molecular weight is 523 g/mol. The number of hydrogen-bond donors (Lipinski definition) is 1. The van der Waals surface area contributed by atoms with E-state index in [1.54, 1.807) is 0 Å². The van der Waals surface area contributed by atoms with Gasteiger partial charge in [0.05, 0.1) is 11.3 Å². The lowest BCUT2D eigenvalue weighted by molar-refractivity contribution is -0.0329. The van der Waals surface area contributed by atoms with Crippen LogP contribution in [0.3, 0.4) is 0 Å². The molecular weight excluding hydrogens is 472 g/mol. The molecule has 1 aliphatic heterocycles. The minimum absolute atomic E-state index is 0.145. The Hall–Kier alpha value is -1.69. The van der Waals surface area contributed by atoms with E-state index in [4.69, 9.17) is 9.41 Å². The summed E-state index contributed by atoms with van der Waals surface area (Å²) in [5, 5.41) is 11.2. The molecule has 1 fully saturated rings. The smallest absolute Gasteiger partial charge is 0.231 e. The van der Waals surface area contributed by atoms with E-state index in [1.807, 2.05) is 13.8 Å². The van der Waals surface area contributed by atoms with Crippen LogP contribution in [-0.4, -0.2) is 49.3 Å². The van der Waals surface area contributed by atoms with Crippen molar-refractivity contribution in [1.82, 2.24) is 9.88 Å². The van der Waals surface area contributed by atoms with Gasteiger partial charge in [-0.05, 0) is 106 Å². The number of rotatable bonds is 6. The van der Waals surface area contributed by atoms with Crippen molar-refractivity contribution in [2.75, 3.05) is 19.6 Å². The lowest BCUT2D eigenvalue weighted by Crippen LogP contribution is -2.49. The van der Waals surface area contributed by atoms with Crippen LogP contribution in [0.2, 0.25) is 13.1 Å². The minimum Gasteiger partial charge on any atom is -0.534 e. The predicted molar refractivity (Wildman–Crippen MR) is 157 cm³/mol. The monoisotopic (exact) mass is 522 g/mol. The molecular formula is C32H50N2O2Si. The van der Waals surface area contributed by atoms with E-state index in [9.17, 15) is 5.11 Å². The van der Waals surface area contributed by atoms with E-state index in [0.29, 0.717) is 17.8 Å². The summed E-state index contributed by atoms with van der Waals surface area (Å²) in [6.45, 7) is 20.9. The summed E-state index contributed by atoms with van der Waals surface area (Å²) in [5.74, 6) is 2.50. The Labute approximate surface area is 227 Å². The highest BCUT2D eigenvalue weighted by Gasteiger charge is 2.41. The number of pyridine rings is 1. The first-order valence-electron chi connectivity index (χ1n) is 14.5. The van der Waals surface area contributed by atoms with Crippen LogP contribution in [-0.2, 0) is 6.42 Å². The average Bonchev–Trinajstić information content (AvgIpc) is 2.98. The van der Waals surface area contributed by atoms with Gasteiger partial charge in [0.15, 0.2) is 5.88 Å². The maximum Gasteiger partial charge on any atom is 0.231 e. The standard InChI is InChI=1S/C32H50N2O2Si/c1-22-11-9-10-12-25(22)26-17-18-34(21-28(26)32(5,6)35)20-23-13-14-24-15-16-29(36-37(7)8)33-30(24)27(19-23)31(2,3)4/h9-12,15-16,23,26-28,35,37H,13-14,17-21H2,1-8H3/t23-,26?,27-,28?/m1/s1. The molecule has 4 rings (SSSR count). The third-order valence-corrected chi connectivity index (χ3v) is 9.53. The Morgan fingerprint density at radius 2 is 1.78 bits per heavy atom. The molecule has 37 heavy (non-hydrogen) atoms. The van der Waals surface area contributed by atoms with Crippen LogP contribution in [0.5, 0.6) is 5.88 Å². The summed E-state index contributed by atoms with van der Waals surface area (Å²) in [6, 6.07) is 13.1.